The maximum atomic E-state index is 10.8. The first kappa shape index (κ1) is 13.8. The number of carboxylic acids is 1. The molecule has 0 amide bonds. The Balaban J connectivity index is 2.36. The van der Waals surface area contributed by atoms with Gasteiger partial charge in [0, 0.05) is 15.1 Å². The van der Waals surface area contributed by atoms with Crippen molar-refractivity contribution in [3.8, 4) is 0 Å². The number of nitrogens with one attached hydrogen (secondary N) is 1. The number of anilines is 3. The first-order chi connectivity index (χ1) is 8.99. The predicted molar refractivity (Wildman–Crippen MR) is 80.7 cm³/mol. The van der Waals surface area contributed by atoms with Crippen molar-refractivity contribution in [2.45, 2.75) is 0 Å². The van der Waals surface area contributed by atoms with Crippen molar-refractivity contribution in [2.75, 3.05) is 11.1 Å². The number of pyridine rings is 1. The van der Waals surface area contributed by atoms with Gasteiger partial charge in [0.2, 0.25) is 0 Å². The maximum Gasteiger partial charge on any atom is 0.337 e. The van der Waals surface area contributed by atoms with Crippen molar-refractivity contribution in [3.05, 3.63) is 45.0 Å². The normalized spacial score (nSPS) is 10.2. The van der Waals surface area contributed by atoms with Gasteiger partial charge >= 0.3 is 5.97 Å². The predicted octanol–water partition coefficient (Wildman–Crippen LogP) is 3.63. The van der Waals surface area contributed by atoms with E-state index >= 15 is 0 Å². The fraction of sp³-hybridized carbons (Fsp3) is 0. The van der Waals surface area contributed by atoms with Crippen molar-refractivity contribution >= 4 is 55.0 Å². The molecule has 98 valence electrons. The smallest absolute Gasteiger partial charge is 0.337 e. The Hall–Kier alpha value is -1.60. The highest BCUT2D eigenvalue weighted by molar-refractivity contribution is 9.11. The maximum absolute atomic E-state index is 10.8. The summed E-state index contributed by atoms with van der Waals surface area (Å²) in [5.74, 6) is -0.662. The average Bonchev–Trinajstić information content (AvgIpc) is 2.35. The number of hydrogen-bond donors (Lipinski definition) is 3. The molecule has 2 rings (SSSR count). The second-order valence-electron chi connectivity index (χ2n) is 3.69. The van der Waals surface area contributed by atoms with Crippen molar-refractivity contribution in [1.82, 2.24) is 4.98 Å². The topological polar surface area (TPSA) is 88.2 Å². The van der Waals surface area contributed by atoms with Gasteiger partial charge in [-0.25, -0.2) is 9.78 Å². The van der Waals surface area contributed by atoms with Crippen LogP contribution >= 0.6 is 31.9 Å². The summed E-state index contributed by atoms with van der Waals surface area (Å²) in [6.07, 6.45) is 1.26. The van der Waals surface area contributed by atoms with Gasteiger partial charge in [0.25, 0.3) is 0 Å². The van der Waals surface area contributed by atoms with Crippen LogP contribution in [0.1, 0.15) is 10.4 Å². The van der Waals surface area contributed by atoms with Gasteiger partial charge < -0.3 is 16.2 Å². The second-order valence-corrected chi connectivity index (χ2v) is 5.40. The molecule has 0 saturated heterocycles. The van der Waals surface area contributed by atoms with E-state index in [1.165, 1.54) is 12.3 Å². The third-order valence-corrected chi connectivity index (χ3v) is 3.69. The van der Waals surface area contributed by atoms with Crippen molar-refractivity contribution < 1.29 is 9.90 Å². The average molecular weight is 387 g/mol. The number of rotatable bonds is 3. The summed E-state index contributed by atoms with van der Waals surface area (Å²) in [6.45, 7) is 0. The van der Waals surface area contributed by atoms with Gasteiger partial charge in [0.15, 0.2) is 5.82 Å². The molecule has 19 heavy (non-hydrogen) atoms. The number of halogens is 2. The highest BCUT2D eigenvalue weighted by Crippen LogP contribution is 2.34. The van der Waals surface area contributed by atoms with Gasteiger partial charge in [-0.05, 0) is 50.1 Å². The molecule has 0 fully saturated rings. The number of nitrogens with two attached hydrogens (primary N) is 1. The molecule has 0 radical (unpaired) electrons. The summed E-state index contributed by atoms with van der Waals surface area (Å²) in [4.78, 5) is 14.8. The van der Waals surface area contributed by atoms with Crippen LogP contribution in [0, 0.1) is 0 Å². The third-order valence-electron chi connectivity index (χ3n) is 2.37. The number of hydrogen-bond acceptors (Lipinski definition) is 4. The lowest BCUT2D eigenvalue weighted by atomic mass is 10.2. The fourth-order valence-corrected chi connectivity index (χ4v) is 2.64. The van der Waals surface area contributed by atoms with E-state index in [4.69, 9.17) is 10.8 Å². The second kappa shape index (κ2) is 5.58. The molecule has 0 aliphatic heterocycles. The van der Waals surface area contributed by atoms with Crippen LogP contribution in [-0.4, -0.2) is 16.1 Å². The highest BCUT2D eigenvalue weighted by atomic mass is 79.9. The Bertz CT molecular complexity index is 627. The zero-order chi connectivity index (χ0) is 14.0. The highest BCUT2D eigenvalue weighted by Gasteiger charge is 2.10. The van der Waals surface area contributed by atoms with Gasteiger partial charge in [-0.15, -0.1) is 0 Å². The Labute approximate surface area is 126 Å². The molecular formula is C12H9Br2N3O2. The van der Waals surface area contributed by atoms with E-state index in [2.05, 4.69) is 42.2 Å². The van der Waals surface area contributed by atoms with E-state index < -0.39 is 5.97 Å². The number of aromatic carboxylic acids is 1. The summed E-state index contributed by atoms with van der Waals surface area (Å²) in [7, 11) is 0. The Kier molecular flexibility index (Phi) is 4.06. The van der Waals surface area contributed by atoms with Crippen LogP contribution in [0.2, 0.25) is 0 Å². The van der Waals surface area contributed by atoms with E-state index in [0.717, 1.165) is 14.6 Å². The summed E-state index contributed by atoms with van der Waals surface area (Å²) >= 11 is 6.82. The van der Waals surface area contributed by atoms with Gasteiger partial charge in [-0.3, -0.25) is 0 Å². The molecule has 0 saturated carbocycles. The lowest BCUT2D eigenvalue weighted by Crippen LogP contribution is -2.04. The number of nitrogen functional groups attached to an aromatic ring is 1. The van der Waals surface area contributed by atoms with Crippen molar-refractivity contribution in [3.63, 3.8) is 0 Å². The molecule has 2 aromatic rings. The molecule has 0 atom stereocenters. The van der Waals surface area contributed by atoms with E-state index in [1.807, 2.05) is 18.2 Å². The summed E-state index contributed by atoms with van der Waals surface area (Å²) in [5, 5.41) is 11.9. The van der Waals surface area contributed by atoms with Gasteiger partial charge in [0.1, 0.15) is 0 Å². The minimum absolute atomic E-state index is 0.0502. The Morgan fingerprint density at radius 3 is 2.47 bits per heavy atom. The SMILES string of the molecule is Nc1cc(C(=O)O)cnc1Nc1c(Br)cccc1Br. The molecule has 1 aromatic carbocycles. The lowest BCUT2D eigenvalue weighted by Gasteiger charge is -2.12. The Morgan fingerprint density at radius 2 is 1.95 bits per heavy atom. The minimum Gasteiger partial charge on any atom is -0.478 e. The molecule has 1 aromatic heterocycles. The molecule has 0 aliphatic carbocycles. The standard InChI is InChI=1S/C12H9Br2N3O2/c13-7-2-1-3-8(14)10(7)17-11-9(15)4-6(5-16-11)12(18)19/h1-5H,15H2,(H,16,17)(H,18,19). The first-order valence-corrected chi connectivity index (χ1v) is 6.77. The van der Waals surface area contributed by atoms with Crippen LogP contribution in [0.15, 0.2) is 39.4 Å². The number of nitrogens with zero attached hydrogens (tertiary/aromatic N) is 1. The van der Waals surface area contributed by atoms with Crippen LogP contribution in [0.3, 0.4) is 0 Å². The van der Waals surface area contributed by atoms with Gasteiger partial charge in [-0.2, -0.15) is 0 Å². The summed E-state index contributed by atoms with van der Waals surface area (Å²) in [5.41, 5.74) is 6.87. The molecule has 0 bridgehead atoms. The Morgan fingerprint density at radius 1 is 1.32 bits per heavy atom. The molecule has 4 N–H and O–H groups in total. The zero-order valence-corrected chi connectivity index (χ0v) is 12.7. The minimum atomic E-state index is -1.06. The molecule has 7 heteroatoms. The van der Waals surface area contributed by atoms with Crippen LogP contribution < -0.4 is 11.1 Å². The number of para-hydroxylation sites is 1. The van der Waals surface area contributed by atoms with Crippen LogP contribution in [0.25, 0.3) is 0 Å². The number of carbonyl (C=O) groups is 1. The largest absolute Gasteiger partial charge is 0.478 e. The van der Waals surface area contributed by atoms with E-state index in [1.54, 1.807) is 0 Å². The molecule has 5 nitrogen and oxygen atoms in total. The number of benzene rings is 1. The lowest BCUT2D eigenvalue weighted by molar-refractivity contribution is 0.0696. The number of carboxylic acid groups (broad SMARTS) is 1. The van der Waals surface area contributed by atoms with Crippen molar-refractivity contribution in [2.24, 2.45) is 0 Å². The van der Waals surface area contributed by atoms with Crippen LogP contribution in [0.4, 0.5) is 17.2 Å². The molecule has 1 heterocycles. The molecular weight excluding hydrogens is 378 g/mol. The third kappa shape index (κ3) is 3.05. The molecule has 0 aliphatic rings. The van der Waals surface area contributed by atoms with E-state index in [9.17, 15) is 4.79 Å². The quantitative estimate of drug-likeness (QED) is 0.749. The van der Waals surface area contributed by atoms with Gasteiger partial charge in [-0.1, -0.05) is 6.07 Å². The van der Waals surface area contributed by atoms with Gasteiger partial charge in [0.05, 0.1) is 16.9 Å². The molecule has 0 spiro atoms. The van der Waals surface area contributed by atoms with Crippen LogP contribution in [-0.2, 0) is 0 Å². The van der Waals surface area contributed by atoms with Crippen molar-refractivity contribution in [1.29, 1.82) is 0 Å². The summed E-state index contributed by atoms with van der Waals surface area (Å²) < 4.78 is 1.68. The monoisotopic (exact) mass is 385 g/mol. The number of aromatic nitrogens is 1. The van der Waals surface area contributed by atoms with E-state index in [0.29, 0.717) is 5.82 Å². The first-order valence-electron chi connectivity index (χ1n) is 5.19. The van der Waals surface area contributed by atoms with Crippen LogP contribution in [0.5, 0.6) is 0 Å². The van der Waals surface area contributed by atoms with E-state index in [-0.39, 0.29) is 11.3 Å². The summed E-state index contributed by atoms with van der Waals surface area (Å²) in [6, 6.07) is 6.98. The fourth-order valence-electron chi connectivity index (χ4n) is 1.44. The molecule has 0 unspecified atom stereocenters. The zero-order valence-electron chi connectivity index (χ0n) is 9.52.